The first-order valence-electron chi connectivity index (χ1n) is 3.43. The zero-order valence-electron chi connectivity index (χ0n) is 6.21. The van der Waals surface area contributed by atoms with Gasteiger partial charge in [0.05, 0.1) is 4.34 Å². The molecule has 0 aromatic carbocycles. The fourth-order valence-electron chi connectivity index (χ4n) is 0.854. The minimum atomic E-state index is 0.310. The van der Waals surface area contributed by atoms with Crippen LogP contribution in [0, 0.1) is 0 Å². The van der Waals surface area contributed by atoms with Gasteiger partial charge in [-0.05, 0) is 18.1 Å². The third kappa shape index (κ3) is 2.31. The van der Waals surface area contributed by atoms with E-state index < -0.39 is 0 Å². The maximum Gasteiger partial charge on any atom is 0.120 e. The number of aldehydes is 1. The van der Waals surface area contributed by atoms with Gasteiger partial charge in [-0.1, -0.05) is 18.5 Å². The molecule has 1 aromatic rings. The van der Waals surface area contributed by atoms with Gasteiger partial charge in [-0.3, -0.25) is 0 Å². The van der Waals surface area contributed by atoms with Crippen molar-refractivity contribution in [3.8, 4) is 0 Å². The molecule has 0 N–H and O–H groups in total. The van der Waals surface area contributed by atoms with Gasteiger partial charge in [0.2, 0.25) is 0 Å². The van der Waals surface area contributed by atoms with E-state index in [-0.39, 0.29) is 0 Å². The highest BCUT2D eigenvalue weighted by molar-refractivity contribution is 7.16. The Hall–Kier alpha value is -0.340. The number of hydrogen-bond donors (Lipinski definition) is 0. The Morgan fingerprint density at radius 1 is 1.73 bits per heavy atom. The SMILES string of the molecule is CC(CC=O)c1ccc(Cl)s1. The number of carbonyl (C=O) groups is 1. The van der Waals surface area contributed by atoms with Crippen molar-refractivity contribution < 1.29 is 4.79 Å². The van der Waals surface area contributed by atoms with Crippen molar-refractivity contribution in [1.29, 1.82) is 0 Å². The molecule has 0 amide bonds. The maximum atomic E-state index is 10.2. The summed E-state index contributed by atoms with van der Waals surface area (Å²) in [6.45, 7) is 2.02. The van der Waals surface area contributed by atoms with E-state index in [9.17, 15) is 4.79 Å². The quantitative estimate of drug-likeness (QED) is 0.667. The first-order chi connectivity index (χ1) is 5.24. The van der Waals surface area contributed by atoms with Crippen molar-refractivity contribution in [3.05, 3.63) is 21.3 Å². The fourth-order valence-corrected chi connectivity index (χ4v) is 1.98. The lowest BCUT2D eigenvalue weighted by molar-refractivity contribution is -0.108. The first-order valence-corrected chi connectivity index (χ1v) is 4.62. The maximum absolute atomic E-state index is 10.2. The van der Waals surface area contributed by atoms with Crippen LogP contribution in [0.1, 0.15) is 24.1 Å². The number of halogens is 1. The molecule has 0 aliphatic heterocycles. The van der Waals surface area contributed by atoms with Crippen LogP contribution in [0.3, 0.4) is 0 Å². The second kappa shape index (κ2) is 3.88. The average molecular weight is 189 g/mol. The largest absolute Gasteiger partial charge is 0.303 e. The standard InChI is InChI=1S/C8H9ClOS/c1-6(4-5-10)7-2-3-8(9)11-7/h2-3,5-6H,4H2,1H3. The summed E-state index contributed by atoms with van der Waals surface area (Å²) in [7, 11) is 0. The van der Waals surface area contributed by atoms with E-state index in [1.807, 2.05) is 19.1 Å². The van der Waals surface area contributed by atoms with E-state index in [4.69, 9.17) is 11.6 Å². The second-order valence-corrected chi connectivity index (χ2v) is 4.19. The topological polar surface area (TPSA) is 17.1 Å². The molecule has 11 heavy (non-hydrogen) atoms. The summed E-state index contributed by atoms with van der Waals surface area (Å²) in [6, 6.07) is 3.84. The van der Waals surface area contributed by atoms with Gasteiger partial charge in [-0.2, -0.15) is 0 Å². The molecular weight excluding hydrogens is 180 g/mol. The van der Waals surface area contributed by atoms with Gasteiger partial charge < -0.3 is 4.79 Å². The molecule has 0 saturated carbocycles. The zero-order chi connectivity index (χ0) is 8.27. The van der Waals surface area contributed by atoms with Crippen molar-refractivity contribution in [2.75, 3.05) is 0 Å². The van der Waals surface area contributed by atoms with Crippen LogP contribution >= 0.6 is 22.9 Å². The minimum Gasteiger partial charge on any atom is -0.303 e. The lowest BCUT2D eigenvalue weighted by Gasteiger charge is -2.01. The molecule has 0 spiro atoms. The summed E-state index contributed by atoms with van der Waals surface area (Å²) in [5.74, 6) is 0.310. The van der Waals surface area contributed by atoms with Crippen molar-refractivity contribution in [3.63, 3.8) is 0 Å². The molecule has 1 heterocycles. The van der Waals surface area contributed by atoms with Crippen LogP contribution in [-0.2, 0) is 4.79 Å². The van der Waals surface area contributed by atoms with E-state index in [1.165, 1.54) is 4.88 Å². The third-order valence-electron chi connectivity index (χ3n) is 1.53. The van der Waals surface area contributed by atoms with E-state index in [0.717, 1.165) is 10.6 Å². The Balaban J connectivity index is 2.67. The Labute approximate surface area is 75.0 Å². The van der Waals surface area contributed by atoms with Gasteiger partial charge >= 0.3 is 0 Å². The summed E-state index contributed by atoms with van der Waals surface area (Å²) in [5, 5.41) is 0. The third-order valence-corrected chi connectivity index (χ3v) is 2.99. The number of rotatable bonds is 3. The van der Waals surface area contributed by atoms with Crippen molar-refractivity contribution in [1.82, 2.24) is 0 Å². The fraction of sp³-hybridized carbons (Fsp3) is 0.375. The molecule has 1 nitrogen and oxygen atoms in total. The molecule has 1 unspecified atom stereocenters. The molecule has 0 radical (unpaired) electrons. The summed E-state index contributed by atoms with van der Waals surface area (Å²) < 4.78 is 0.790. The normalized spacial score (nSPS) is 12.9. The molecule has 0 saturated heterocycles. The average Bonchev–Trinajstić information content (AvgIpc) is 2.36. The van der Waals surface area contributed by atoms with Crippen LogP contribution in [0.2, 0.25) is 4.34 Å². The molecule has 0 bridgehead atoms. The summed E-state index contributed by atoms with van der Waals surface area (Å²) in [4.78, 5) is 11.3. The van der Waals surface area contributed by atoms with Crippen molar-refractivity contribution in [2.45, 2.75) is 19.3 Å². The van der Waals surface area contributed by atoms with Gasteiger partial charge in [0.25, 0.3) is 0 Å². The molecular formula is C8H9ClOS. The van der Waals surface area contributed by atoms with Gasteiger partial charge in [0.1, 0.15) is 6.29 Å². The second-order valence-electron chi connectivity index (χ2n) is 2.45. The molecule has 1 atom stereocenters. The minimum absolute atomic E-state index is 0.310. The molecule has 0 aliphatic rings. The van der Waals surface area contributed by atoms with Crippen LogP contribution in [0.5, 0.6) is 0 Å². The van der Waals surface area contributed by atoms with E-state index in [0.29, 0.717) is 12.3 Å². The van der Waals surface area contributed by atoms with Gasteiger partial charge in [0, 0.05) is 11.3 Å². The van der Waals surface area contributed by atoms with Gasteiger partial charge in [-0.15, -0.1) is 11.3 Å². The van der Waals surface area contributed by atoms with Crippen molar-refractivity contribution in [2.24, 2.45) is 0 Å². The summed E-state index contributed by atoms with van der Waals surface area (Å²) in [5.41, 5.74) is 0. The lowest BCUT2D eigenvalue weighted by Crippen LogP contribution is -1.89. The molecule has 1 rings (SSSR count). The van der Waals surface area contributed by atoms with E-state index >= 15 is 0 Å². The molecule has 0 fully saturated rings. The van der Waals surface area contributed by atoms with E-state index in [1.54, 1.807) is 11.3 Å². The highest BCUT2D eigenvalue weighted by atomic mass is 35.5. The van der Waals surface area contributed by atoms with Gasteiger partial charge in [-0.25, -0.2) is 0 Å². The molecule has 0 aliphatic carbocycles. The molecule has 1 aromatic heterocycles. The van der Waals surface area contributed by atoms with Gasteiger partial charge in [0.15, 0.2) is 0 Å². The van der Waals surface area contributed by atoms with Crippen LogP contribution in [0.25, 0.3) is 0 Å². The number of thiophene rings is 1. The van der Waals surface area contributed by atoms with Crippen LogP contribution in [0.4, 0.5) is 0 Å². The lowest BCUT2D eigenvalue weighted by atomic mass is 10.1. The predicted molar refractivity (Wildman–Crippen MR) is 48.4 cm³/mol. The highest BCUT2D eigenvalue weighted by Crippen LogP contribution is 2.29. The van der Waals surface area contributed by atoms with E-state index in [2.05, 4.69) is 0 Å². The van der Waals surface area contributed by atoms with Crippen LogP contribution < -0.4 is 0 Å². The summed E-state index contributed by atoms with van der Waals surface area (Å²) >= 11 is 7.28. The highest BCUT2D eigenvalue weighted by Gasteiger charge is 2.06. The molecule has 3 heteroatoms. The number of hydrogen-bond acceptors (Lipinski definition) is 2. The summed E-state index contributed by atoms with van der Waals surface area (Å²) in [6.07, 6.45) is 1.52. The van der Waals surface area contributed by atoms with Crippen molar-refractivity contribution >= 4 is 29.2 Å². The van der Waals surface area contributed by atoms with Crippen LogP contribution in [0.15, 0.2) is 12.1 Å². The Kier molecular flexibility index (Phi) is 3.09. The number of carbonyl (C=O) groups excluding carboxylic acids is 1. The Morgan fingerprint density at radius 3 is 2.91 bits per heavy atom. The molecule has 60 valence electrons. The smallest absolute Gasteiger partial charge is 0.120 e. The first kappa shape index (κ1) is 8.75. The monoisotopic (exact) mass is 188 g/mol. The Morgan fingerprint density at radius 2 is 2.45 bits per heavy atom. The van der Waals surface area contributed by atoms with Crippen LogP contribution in [-0.4, -0.2) is 6.29 Å². The predicted octanol–water partition coefficient (Wildman–Crippen LogP) is 3.09. The Bertz CT molecular complexity index is 244. The zero-order valence-corrected chi connectivity index (χ0v) is 7.78.